The quantitative estimate of drug-likeness (QED) is 0.669. The normalized spacial score (nSPS) is 25.5. The number of piperidine rings is 1. The molecule has 3 atom stereocenters. The number of fused-ring (bicyclic) bond motifs is 5. The van der Waals surface area contributed by atoms with Crippen molar-refractivity contribution in [2.75, 3.05) is 6.54 Å². The van der Waals surface area contributed by atoms with Gasteiger partial charge in [0.15, 0.2) is 0 Å². The van der Waals surface area contributed by atoms with Gasteiger partial charge >= 0.3 is 0 Å². The lowest BCUT2D eigenvalue weighted by Crippen LogP contribution is -2.59. The van der Waals surface area contributed by atoms with Gasteiger partial charge in [-0.25, -0.2) is 4.98 Å². The summed E-state index contributed by atoms with van der Waals surface area (Å²) in [4.78, 5) is 22.7. The molecule has 0 spiro atoms. The van der Waals surface area contributed by atoms with Gasteiger partial charge in [-0.2, -0.15) is 5.26 Å². The maximum Gasteiger partial charge on any atom is 0.254 e. The Hall–Kier alpha value is -3.33. The molecule has 2 unspecified atom stereocenters. The minimum absolute atomic E-state index is 0.0307. The van der Waals surface area contributed by atoms with Crippen LogP contribution in [0.15, 0.2) is 36.7 Å². The fourth-order valence-corrected chi connectivity index (χ4v) is 5.24. The number of nitrogens with one attached hydrogen (secondary N) is 1. The SMILES string of the molecule is CC1C2Cc3cc(C#N)c(O)cc3[C@]1(C)CCN2C(=O)c1ccc2nc[nH]c2c1. The van der Waals surface area contributed by atoms with Gasteiger partial charge in [-0.3, -0.25) is 4.79 Å². The summed E-state index contributed by atoms with van der Waals surface area (Å²) in [7, 11) is 0. The molecule has 1 amide bonds. The highest BCUT2D eigenvalue weighted by Gasteiger charge is 2.50. The second-order valence-corrected chi connectivity index (χ2v) is 8.50. The van der Waals surface area contributed by atoms with Crippen LogP contribution in [-0.4, -0.2) is 38.5 Å². The van der Waals surface area contributed by atoms with Gasteiger partial charge in [0.05, 0.1) is 22.9 Å². The molecule has 146 valence electrons. The van der Waals surface area contributed by atoms with Crippen molar-refractivity contribution in [3.63, 3.8) is 0 Å². The molecule has 0 saturated carbocycles. The summed E-state index contributed by atoms with van der Waals surface area (Å²) in [6.07, 6.45) is 3.15. The molecule has 1 saturated heterocycles. The first-order valence-electron chi connectivity index (χ1n) is 9.93. The lowest BCUT2D eigenvalue weighted by atomic mass is 9.58. The van der Waals surface area contributed by atoms with Crippen LogP contribution in [0.2, 0.25) is 0 Å². The Kier molecular flexibility index (Phi) is 3.72. The minimum atomic E-state index is -0.131. The van der Waals surface area contributed by atoms with Crippen LogP contribution in [-0.2, 0) is 11.8 Å². The van der Waals surface area contributed by atoms with E-state index in [2.05, 4.69) is 29.9 Å². The van der Waals surface area contributed by atoms with Crippen molar-refractivity contribution >= 4 is 16.9 Å². The molecule has 1 aromatic heterocycles. The Labute approximate surface area is 168 Å². The summed E-state index contributed by atoms with van der Waals surface area (Å²) in [5, 5.41) is 19.5. The van der Waals surface area contributed by atoms with Crippen LogP contribution in [0.4, 0.5) is 0 Å². The van der Waals surface area contributed by atoms with E-state index in [9.17, 15) is 15.2 Å². The largest absolute Gasteiger partial charge is 0.507 e. The number of aromatic nitrogens is 2. The number of nitriles is 1. The zero-order valence-corrected chi connectivity index (χ0v) is 16.4. The molecular formula is C23H22N4O2. The maximum absolute atomic E-state index is 13.4. The van der Waals surface area contributed by atoms with Crippen LogP contribution < -0.4 is 0 Å². The number of aromatic hydroxyl groups is 1. The molecule has 2 aliphatic rings. The number of phenols is 1. The predicted octanol–water partition coefficient (Wildman–Crippen LogP) is 3.50. The monoisotopic (exact) mass is 386 g/mol. The molecule has 2 N–H and O–H groups in total. The van der Waals surface area contributed by atoms with Gasteiger partial charge in [0.25, 0.3) is 5.91 Å². The van der Waals surface area contributed by atoms with Gasteiger partial charge in [-0.15, -0.1) is 0 Å². The van der Waals surface area contributed by atoms with E-state index in [0.717, 1.165) is 28.6 Å². The van der Waals surface area contributed by atoms with E-state index in [0.29, 0.717) is 24.1 Å². The summed E-state index contributed by atoms with van der Waals surface area (Å²) >= 11 is 0. The van der Waals surface area contributed by atoms with Crippen LogP contribution in [0, 0.1) is 17.2 Å². The molecule has 2 heterocycles. The number of hydrogen-bond acceptors (Lipinski definition) is 4. The van der Waals surface area contributed by atoms with Gasteiger partial charge in [-0.05, 0) is 65.6 Å². The number of carbonyl (C=O) groups excluding carboxylic acids is 1. The first kappa shape index (κ1) is 17.7. The first-order chi connectivity index (χ1) is 13.9. The highest BCUT2D eigenvalue weighted by atomic mass is 16.3. The summed E-state index contributed by atoms with van der Waals surface area (Å²) < 4.78 is 0. The molecule has 5 rings (SSSR count). The number of imidazole rings is 1. The molecule has 2 aromatic carbocycles. The second-order valence-electron chi connectivity index (χ2n) is 8.50. The number of nitrogens with zero attached hydrogens (tertiary/aromatic N) is 3. The highest BCUT2D eigenvalue weighted by molar-refractivity contribution is 5.97. The third-order valence-corrected chi connectivity index (χ3v) is 7.17. The predicted molar refractivity (Wildman–Crippen MR) is 109 cm³/mol. The number of aromatic amines is 1. The molecule has 1 aliphatic heterocycles. The Morgan fingerprint density at radius 3 is 3.00 bits per heavy atom. The van der Waals surface area contributed by atoms with Gasteiger partial charge < -0.3 is 15.0 Å². The summed E-state index contributed by atoms with van der Waals surface area (Å²) in [5.74, 6) is 0.323. The van der Waals surface area contributed by atoms with Crippen LogP contribution in [0.1, 0.15) is 47.3 Å². The van der Waals surface area contributed by atoms with Crippen LogP contribution in [0.25, 0.3) is 11.0 Å². The Balaban J connectivity index is 1.54. The van der Waals surface area contributed by atoms with E-state index < -0.39 is 0 Å². The number of amides is 1. The molecule has 29 heavy (non-hydrogen) atoms. The van der Waals surface area contributed by atoms with Gasteiger partial charge in [-0.1, -0.05) is 13.8 Å². The molecule has 3 aromatic rings. The Morgan fingerprint density at radius 2 is 2.21 bits per heavy atom. The zero-order chi connectivity index (χ0) is 20.3. The Morgan fingerprint density at radius 1 is 1.38 bits per heavy atom. The van der Waals surface area contributed by atoms with Crippen molar-refractivity contribution in [1.82, 2.24) is 14.9 Å². The fraction of sp³-hybridized carbons (Fsp3) is 0.348. The minimum Gasteiger partial charge on any atom is -0.507 e. The van der Waals surface area contributed by atoms with Crippen molar-refractivity contribution in [3.8, 4) is 11.8 Å². The number of H-pyrrole nitrogens is 1. The molecule has 0 radical (unpaired) electrons. The van der Waals surface area contributed by atoms with Crippen LogP contribution >= 0.6 is 0 Å². The second kappa shape index (κ2) is 6.08. The van der Waals surface area contributed by atoms with Crippen molar-refractivity contribution in [1.29, 1.82) is 5.26 Å². The summed E-state index contributed by atoms with van der Waals surface area (Å²) in [6.45, 7) is 5.08. The van der Waals surface area contributed by atoms with E-state index in [1.165, 1.54) is 0 Å². The number of carbonyl (C=O) groups is 1. The van der Waals surface area contributed by atoms with Crippen molar-refractivity contribution < 1.29 is 9.90 Å². The van der Waals surface area contributed by atoms with E-state index >= 15 is 0 Å². The third-order valence-electron chi connectivity index (χ3n) is 7.17. The fourth-order valence-electron chi connectivity index (χ4n) is 5.24. The molecule has 1 aliphatic carbocycles. The van der Waals surface area contributed by atoms with E-state index in [4.69, 9.17) is 0 Å². The van der Waals surface area contributed by atoms with E-state index in [-0.39, 0.29) is 29.0 Å². The van der Waals surface area contributed by atoms with Gasteiger partial charge in [0.1, 0.15) is 11.8 Å². The smallest absolute Gasteiger partial charge is 0.254 e. The van der Waals surface area contributed by atoms with Crippen LogP contribution in [0.5, 0.6) is 5.75 Å². The molecule has 6 heteroatoms. The van der Waals surface area contributed by atoms with Crippen LogP contribution in [0.3, 0.4) is 0 Å². The summed E-state index contributed by atoms with van der Waals surface area (Å²) in [6, 6.07) is 11.3. The standard InChI is InChI=1S/C23H22N4O2/c1-13-20-9-15-7-16(11-24)21(28)10-17(15)23(13,2)5-6-27(20)22(29)14-3-4-18-19(8-14)26-12-25-18/h3-4,7-8,10,12-13,20,28H,5-6,9H2,1-2H3,(H,25,26)/t13?,20?,23-/m1/s1. The van der Waals surface area contributed by atoms with E-state index in [1.54, 1.807) is 18.5 Å². The average molecular weight is 386 g/mol. The molecule has 1 fully saturated rings. The third kappa shape index (κ3) is 2.47. The molecule has 6 nitrogen and oxygen atoms in total. The van der Waals surface area contributed by atoms with Gasteiger partial charge in [0.2, 0.25) is 0 Å². The average Bonchev–Trinajstić information content (AvgIpc) is 3.18. The lowest BCUT2D eigenvalue weighted by Gasteiger charge is -2.54. The van der Waals surface area contributed by atoms with E-state index in [1.807, 2.05) is 23.1 Å². The number of phenolic OH excluding ortho intramolecular Hbond substituents is 1. The first-order valence-corrected chi connectivity index (χ1v) is 9.93. The maximum atomic E-state index is 13.4. The molecular weight excluding hydrogens is 364 g/mol. The number of hydrogen-bond donors (Lipinski definition) is 2. The topological polar surface area (TPSA) is 93.0 Å². The van der Waals surface area contributed by atoms with Gasteiger partial charge in [0, 0.05) is 18.2 Å². The number of benzene rings is 2. The highest BCUT2D eigenvalue weighted by Crippen LogP contribution is 2.50. The Bertz CT molecular complexity index is 1190. The lowest BCUT2D eigenvalue weighted by molar-refractivity contribution is 0.0250. The number of likely N-dealkylation sites (tertiary alicyclic amines) is 1. The zero-order valence-electron chi connectivity index (χ0n) is 16.4. The number of rotatable bonds is 1. The van der Waals surface area contributed by atoms with Crippen molar-refractivity contribution in [2.24, 2.45) is 5.92 Å². The van der Waals surface area contributed by atoms with Crippen molar-refractivity contribution in [2.45, 2.75) is 38.1 Å². The summed E-state index contributed by atoms with van der Waals surface area (Å²) in [5.41, 5.74) is 4.70. The van der Waals surface area contributed by atoms with Crippen molar-refractivity contribution in [3.05, 3.63) is 58.9 Å². The molecule has 2 bridgehead atoms.